The second kappa shape index (κ2) is 4.54. The zero-order chi connectivity index (χ0) is 11.5. The van der Waals surface area contributed by atoms with Crippen molar-refractivity contribution in [1.29, 1.82) is 0 Å². The largest absolute Gasteiger partial charge is 0.497 e. The minimum Gasteiger partial charge on any atom is -0.497 e. The Morgan fingerprint density at radius 3 is 2.53 bits per heavy atom. The van der Waals surface area contributed by atoms with Gasteiger partial charge in [-0.05, 0) is 46.6 Å². The van der Waals surface area contributed by atoms with Gasteiger partial charge in [-0.25, -0.2) is 0 Å². The highest BCUT2D eigenvalue weighted by molar-refractivity contribution is 4.94. The van der Waals surface area contributed by atoms with E-state index in [4.69, 9.17) is 4.74 Å². The predicted molar refractivity (Wildman–Crippen MR) is 61.6 cm³/mol. The summed E-state index contributed by atoms with van der Waals surface area (Å²) in [6.07, 6.45) is 6.17. The minimum atomic E-state index is -0.739. The number of nitrogens with one attached hydrogen (secondary N) is 1. The molecule has 88 valence electrons. The topological polar surface area (TPSA) is 41.5 Å². The van der Waals surface area contributed by atoms with Crippen LogP contribution in [0.4, 0.5) is 0 Å². The zero-order valence-electron chi connectivity index (χ0n) is 10.2. The van der Waals surface area contributed by atoms with Crippen LogP contribution in [0.2, 0.25) is 0 Å². The monoisotopic (exact) mass is 213 g/mol. The fourth-order valence-corrected chi connectivity index (χ4v) is 1.32. The molecule has 0 aliphatic carbocycles. The van der Waals surface area contributed by atoms with Gasteiger partial charge >= 0.3 is 0 Å². The van der Waals surface area contributed by atoms with Crippen molar-refractivity contribution in [2.24, 2.45) is 0 Å². The van der Waals surface area contributed by atoms with Gasteiger partial charge in [0.1, 0.15) is 6.10 Å². The fourth-order valence-electron chi connectivity index (χ4n) is 1.32. The highest BCUT2D eigenvalue weighted by Gasteiger charge is 2.34. The maximum atomic E-state index is 9.96. The summed E-state index contributed by atoms with van der Waals surface area (Å²) in [5, 5.41) is 13.3. The molecular formula is C12H23NO2. The quantitative estimate of drug-likeness (QED) is 0.748. The molecule has 0 aromatic heterocycles. The SMILES string of the molecule is CC(C)(O)C(C)(C)NCC1CCC=CO1. The van der Waals surface area contributed by atoms with E-state index in [1.54, 1.807) is 6.26 Å². The average molecular weight is 213 g/mol. The lowest BCUT2D eigenvalue weighted by molar-refractivity contribution is -0.0114. The molecule has 1 atom stereocenters. The lowest BCUT2D eigenvalue weighted by atomic mass is 9.86. The summed E-state index contributed by atoms with van der Waals surface area (Å²) >= 11 is 0. The molecule has 0 aromatic carbocycles. The number of rotatable bonds is 4. The Balaban J connectivity index is 2.39. The van der Waals surface area contributed by atoms with Gasteiger partial charge in [-0.2, -0.15) is 0 Å². The number of ether oxygens (including phenoxy) is 1. The molecule has 3 nitrogen and oxygen atoms in total. The fraction of sp³-hybridized carbons (Fsp3) is 0.833. The maximum absolute atomic E-state index is 9.96. The Labute approximate surface area is 92.5 Å². The molecule has 0 aromatic rings. The highest BCUT2D eigenvalue weighted by atomic mass is 16.5. The Morgan fingerprint density at radius 1 is 1.40 bits per heavy atom. The molecule has 15 heavy (non-hydrogen) atoms. The van der Waals surface area contributed by atoms with Gasteiger partial charge in [-0.1, -0.05) is 0 Å². The van der Waals surface area contributed by atoms with E-state index in [0.29, 0.717) is 0 Å². The van der Waals surface area contributed by atoms with Crippen molar-refractivity contribution in [2.75, 3.05) is 6.54 Å². The van der Waals surface area contributed by atoms with Gasteiger partial charge in [0.25, 0.3) is 0 Å². The van der Waals surface area contributed by atoms with Crippen molar-refractivity contribution >= 4 is 0 Å². The van der Waals surface area contributed by atoms with Gasteiger partial charge in [0.15, 0.2) is 0 Å². The Hall–Kier alpha value is -0.540. The van der Waals surface area contributed by atoms with E-state index < -0.39 is 5.60 Å². The summed E-state index contributed by atoms with van der Waals surface area (Å²) in [6.45, 7) is 8.43. The Bertz CT molecular complexity index is 228. The van der Waals surface area contributed by atoms with Crippen LogP contribution in [0.25, 0.3) is 0 Å². The zero-order valence-corrected chi connectivity index (χ0v) is 10.2. The second-order valence-electron chi connectivity index (χ2n) is 5.27. The van der Waals surface area contributed by atoms with Gasteiger partial charge in [0.2, 0.25) is 0 Å². The summed E-state index contributed by atoms with van der Waals surface area (Å²) in [5.74, 6) is 0. The van der Waals surface area contributed by atoms with Crippen LogP contribution in [0.15, 0.2) is 12.3 Å². The first-order valence-corrected chi connectivity index (χ1v) is 5.61. The molecule has 0 saturated heterocycles. The molecule has 1 aliphatic rings. The molecular weight excluding hydrogens is 190 g/mol. The molecule has 2 N–H and O–H groups in total. The van der Waals surface area contributed by atoms with Crippen molar-refractivity contribution in [3.8, 4) is 0 Å². The number of aliphatic hydroxyl groups is 1. The van der Waals surface area contributed by atoms with Crippen LogP contribution in [0.1, 0.15) is 40.5 Å². The Morgan fingerprint density at radius 2 is 2.07 bits per heavy atom. The summed E-state index contributed by atoms with van der Waals surface area (Å²) < 4.78 is 5.46. The Kier molecular flexibility index (Phi) is 3.79. The van der Waals surface area contributed by atoms with E-state index in [-0.39, 0.29) is 11.6 Å². The van der Waals surface area contributed by atoms with Crippen molar-refractivity contribution in [3.05, 3.63) is 12.3 Å². The van der Waals surface area contributed by atoms with Crippen LogP contribution in [-0.4, -0.2) is 28.9 Å². The third-order valence-corrected chi connectivity index (χ3v) is 3.32. The normalized spacial score (nSPS) is 22.6. The minimum absolute atomic E-state index is 0.233. The van der Waals surface area contributed by atoms with Crippen molar-refractivity contribution in [2.45, 2.75) is 57.8 Å². The molecule has 0 fully saturated rings. The van der Waals surface area contributed by atoms with E-state index in [1.807, 2.05) is 33.8 Å². The molecule has 0 radical (unpaired) electrons. The van der Waals surface area contributed by atoms with E-state index >= 15 is 0 Å². The lowest BCUT2D eigenvalue weighted by Gasteiger charge is -2.39. The number of hydrogen-bond donors (Lipinski definition) is 2. The molecule has 0 spiro atoms. The average Bonchev–Trinajstić information content (AvgIpc) is 2.15. The third kappa shape index (κ3) is 3.50. The number of allylic oxidation sites excluding steroid dienone is 1. The van der Waals surface area contributed by atoms with Gasteiger partial charge in [0, 0.05) is 12.1 Å². The van der Waals surface area contributed by atoms with Gasteiger partial charge < -0.3 is 15.2 Å². The molecule has 1 heterocycles. The summed E-state index contributed by atoms with van der Waals surface area (Å²) in [4.78, 5) is 0. The molecule has 3 heteroatoms. The molecule has 1 rings (SSSR count). The standard InChI is InChI=1S/C12H23NO2/c1-11(2,12(3,4)14)13-9-10-7-5-6-8-15-10/h6,8,10,13-14H,5,7,9H2,1-4H3. The van der Waals surface area contributed by atoms with E-state index in [2.05, 4.69) is 5.32 Å². The van der Waals surface area contributed by atoms with Crippen molar-refractivity contribution < 1.29 is 9.84 Å². The first kappa shape index (κ1) is 12.5. The van der Waals surface area contributed by atoms with Crippen LogP contribution >= 0.6 is 0 Å². The summed E-state index contributed by atoms with van der Waals surface area (Å²) in [5.41, 5.74) is -1.05. The van der Waals surface area contributed by atoms with Gasteiger partial charge in [0.05, 0.1) is 11.9 Å². The second-order valence-corrected chi connectivity index (χ2v) is 5.27. The van der Waals surface area contributed by atoms with Crippen LogP contribution in [0.3, 0.4) is 0 Å². The van der Waals surface area contributed by atoms with Crippen molar-refractivity contribution in [1.82, 2.24) is 5.32 Å². The van der Waals surface area contributed by atoms with Gasteiger partial charge in [-0.3, -0.25) is 0 Å². The first-order valence-electron chi connectivity index (χ1n) is 5.61. The van der Waals surface area contributed by atoms with Gasteiger partial charge in [-0.15, -0.1) is 0 Å². The van der Waals surface area contributed by atoms with E-state index in [0.717, 1.165) is 19.4 Å². The molecule has 1 unspecified atom stereocenters. The smallest absolute Gasteiger partial charge is 0.110 e. The molecule has 0 amide bonds. The lowest BCUT2D eigenvalue weighted by Crippen LogP contribution is -2.57. The summed E-state index contributed by atoms with van der Waals surface area (Å²) in [6, 6.07) is 0. The predicted octanol–water partition coefficient (Wildman–Crippen LogP) is 1.82. The number of hydrogen-bond acceptors (Lipinski definition) is 3. The van der Waals surface area contributed by atoms with E-state index in [1.165, 1.54) is 0 Å². The molecule has 0 saturated carbocycles. The first-order chi connectivity index (χ1) is 6.83. The highest BCUT2D eigenvalue weighted by Crippen LogP contribution is 2.21. The third-order valence-electron chi connectivity index (χ3n) is 3.32. The molecule has 1 aliphatic heterocycles. The van der Waals surface area contributed by atoms with E-state index in [9.17, 15) is 5.11 Å². The van der Waals surface area contributed by atoms with Crippen LogP contribution < -0.4 is 5.32 Å². The van der Waals surface area contributed by atoms with Crippen LogP contribution in [-0.2, 0) is 4.74 Å². The van der Waals surface area contributed by atoms with Crippen molar-refractivity contribution in [3.63, 3.8) is 0 Å². The molecule has 0 bridgehead atoms. The van der Waals surface area contributed by atoms with Crippen LogP contribution in [0, 0.1) is 0 Å². The van der Waals surface area contributed by atoms with Crippen LogP contribution in [0.5, 0.6) is 0 Å². The maximum Gasteiger partial charge on any atom is 0.110 e. The summed E-state index contributed by atoms with van der Waals surface area (Å²) in [7, 11) is 0.